The maximum absolute atomic E-state index is 11.9. The van der Waals surface area contributed by atoms with Crippen molar-refractivity contribution in [3.05, 3.63) is 46.1 Å². The average molecular weight is 308 g/mol. The van der Waals surface area contributed by atoms with Crippen LogP contribution >= 0.6 is 23.4 Å². The first-order valence-corrected chi connectivity index (χ1v) is 7.69. The smallest absolute Gasteiger partial charge is 0.235 e. The van der Waals surface area contributed by atoms with Crippen LogP contribution < -0.4 is 5.32 Å². The molecule has 1 N–H and O–H groups in total. The van der Waals surface area contributed by atoms with Gasteiger partial charge in [-0.2, -0.15) is 5.10 Å². The third-order valence-corrected chi connectivity index (χ3v) is 4.83. The number of fused-ring (bicyclic) bond motifs is 1. The van der Waals surface area contributed by atoms with Crippen molar-refractivity contribution in [1.29, 1.82) is 0 Å². The molecule has 0 aliphatic carbocycles. The molecular formula is C14H14ClN3OS. The van der Waals surface area contributed by atoms with E-state index in [4.69, 9.17) is 11.6 Å². The molecule has 2 heterocycles. The van der Waals surface area contributed by atoms with Crippen LogP contribution in [-0.4, -0.2) is 21.4 Å². The molecule has 0 radical (unpaired) electrons. The molecule has 6 heteroatoms. The van der Waals surface area contributed by atoms with E-state index >= 15 is 0 Å². The van der Waals surface area contributed by atoms with Crippen LogP contribution in [-0.2, 0) is 11.8 Å². The van der Waals surface area contributed by atoms with Gasteiger partial charge in [-0.05, 0) is 24.6 Å². The number of amides is 1. The lowest BCUT2D eigenvalue weighted by Gasteiger charge is -2.15. The zero-order chi connectivity index (χ0) is 14.3. The Balaban J connectivity index is 2.15. The summed E-state index contributed by atoms with van der Waals surface area (Å²) >= 11 is 7.69. The molecule has 1 aromatic carbocycles. The second-order valence-corrected chi connectivity index (χ2v) is 6.30. The zero-order valence-electron chi connectivity index (χ0n) is 11.2. The minimum atomic E-state index is 0.00350. The fraction of sp³-hybridized carbons (Fsp3) is 0.286. The van der Waals surface area contributed by atoms with Gasteiger partial charge in [-0.25, -0.2) is 0 Å². The first-order valence-electron chi connectivity index (χ1n) is 6.26. The van der Waals surface area contributed by atoms with E-state index in [-0.39, 0.29) is 11.2 Å². The highest BCUT2D eigenvalue weighted by molar-refractivity contribution is 8.00. The van der Waals surface area contributed by atoms with Crippen molar-refractivity contribution in [3.63, 3.8) is 0 Å². The van der Waals surface area contributed by atoms with E-state index < -0.39 is 0 Å². The van der Waals surface area contributed by atoms with Gasteiger partial charge in [0.2, 0.25) is 5.91 Å². The molecule has 4 nitrogen and oxygen atoms in total. The number of carbonyl (C=O) groups is 1. The van der Waals surface area contributed by atoms with Gasteiger partial charge in [0, 0.05) is 17.6 Å². The van der Waals surface area contributed by atoms with Crippen molar-refractivity contribution in [1.82, 2.24) is 9.78 Å². The summed E-state index contributed by atoms with van der Waals surface area (Å²) < 4.78 is 1.73. The fourth-order valence-corrected chi connectivity index (χ4v) is 3.86. The Labute approximate surface area is 126 Å². The van der Waals surface area contributed by atoms with Gasteiger partial charge in [0.1, 0.15) is 5.82 Å². The number of nitrogens with one attached hydrogen (secondary N) is 1. The van der Waals surface area contributed by atoms with Crippen LogP contribution in [0.4, 0.5) is 5.82 Å². The summed E-state index contributed by atoms with van der Waals surface area (Å²) in [7, 11) is 1.84. The van der Waals surface area contributed by atoms with Crippen LogP contribution in [0, 0.1) is 6.92 Å². The first kappa shape index (κ1) is 13.5. The predicted molar refractivity (Wildman–Crippen MR) is 82.3 cm³/mol. The van der Waals surface area contributed by atoms with Crippen molar-refractivity contribution in [2.45, 2.75) is 12.2 Å². The normalized spacial score (nSPS) is 18.4. The molecule has 104 valence electrons. The Kier molecular flexibility index (Phi) is 3.48. The molecule has 0 saturated carbocycles. The molecule has 0 fully saturated rings. The number of hydrogen-bond donors (Lipinski definition) is 1. The molecule has 0 bridgehead atoms. The number of thioether (sulfide) groups is 1. The molecule has 20 heavy (non-hydrogen) atoms. The van der Waals surface area contributed by atoms with E-state index in [1.165, 1.54) is 0 Å². The SMILES string of the molecule is Cc1nn(C)c2c1C(c1cccc(Cl)c1)SCC(=O)N2. The summed E-state index contributed by atoms with van der Waals surface area (Å²) in [5, 5.41) is 8.13. The molecule has 3 rings (SSSR count). The van der Waals surface area contributed by atoms with Crippen LogP contribution in [0.15, 0.2) is 24.3 Å². The van der Waals surface area contributed by atoms with Gasteiger partial charge in [0.25, 0.3) is 0 Å². The topological polar surface area (TPSA) is 46.9 Å². The standard InChI is InChI=1S/C14H14ClN3OS/c1-8-12-13(9-4-3-5-10(15)6-9)20-7-11(19)16-14(12)18(2)17-8/h3-6,13H,7H2,1-2H3,(H,16,19). The maximum atomic E-state index is 11.9. The Morgan fingerprint density at radius 2 is 2.30 bits per heavy atom. The molecule has 1 aliphatic heterocycles. The second kappa shape index (κ2) is 5.14. The van der Waals surface area contributed by atoms with Crippen LogP contribution in [0.5, 0.6) is 0 Å². The third-order valence-electron chi connectivity index (χ3n) is 3.32. The molecule has 1 amide bonds. The number of nitrogens with zero attached hydrogens (tertiary/aromatic N) is 2. The monoisotopic (exact) mass is 307 g/mol. The summed E-state index contributed by atoms with van der Waals surface area (Å²) in [6.45, 7) is 1.97. The number of carbonyl (C=O) groups excluding carboxylic acids is 1. The van der Waals surface area contributed by atoms with Crippen molar-refractivity contribution < 1.29 is 4.79 Å². The van der Waals surface area contributed by atoms with E-state index in [1.54, 1.807) is 16.4 Å². The Morgan fingerprint density at radius 1 is 1.50 bits per heavy atom. The number of aromatic nitrogens is 2. The van der Waals surface area contributed by atoms with Gasteiger partial charge in [0.05, 0.1) is 16.7 Å². The van der Waals surface area contributed by atoms with Gasteiger partial charge in [-0.3, -0.25) is 9.48 Å². The molecule has 1 atom stereocenters. The highest BCUT2D eigenvalue weighted by atomic mass is 35.5. The van der Waals surface area contributed by atoms with E-state index in [0.717, 1.165) is 22.6 Å². The Bertz CT molecular complexity index is 683. The van der Waals surface area contributed by atoms with Crippen molar-refractivity contribution in [2.24, 2.45) is 7.05 Å². The average Bonchev–Trinajstić information content (AvgIpc) is 2.59. The fourth-order valence-electron chi connectivity index (χ4n) is 2.48. The lowest BCUT2D eigenvalue weighted by atomic mass is 10.0. The number of halogens is 1. The molecule has 1 unspecified atom stereocenters. The number of anilines is 1. The van der Waals surface area contributed by atoms with Crippen LogP contribution in [0.2, 0.25) is 5.02 Å². The van der Waals surface area contributed by atoms with Gasteiger partial charge in [-0.1, -0.05) is 23.7 Å². The zero-order valence-corrected chi connectivity index (χ0v) is 12.8. The highest BCUT2D eigenvalue weighted by Crippen LogP contribution is 2.43. The molecule has 2 aromatic rings. The molecule has 1 aromatic heterocycles. The quantitative estimate of drug-likeness (QED) is 0.880. The summed E-state index contributed by atoms with van der Waals surface area (Å²) in [4.78, 5) is 11.9. The largest absolute Gasteiger partial charge is 0.310 e. The molecular weight excluding hydrogens is 294 g/mol. The highest BCUT2D eigenvalue weighted by Gasteiger charge is 2.29. The molecule has 0 saturated heterocycles. The first-order chi connectivity index (χ1) is 9.56. The van der Waals surface area contributed by atoms with Crippen molar-refractivity contribution in [3.8, 4) is 0 Å². The summed E-state index contributed by atoms with van der Waals surface area (Å²) in [5.41, 5.74) is 3.09. The Hall–Kier alpha value is -1.46. The number of benzene rings is 1. The van der Waals surface area contributed by atoms with Crippen LogP contribution in [0.3, 0.4) is 0 Å². The van der Waals surface area contributed by atoms with E-state index in [0.29, 0.717) is 10.8 Å². The van der Waals surface area contributed by atoms with Gasteiger partial charge < -0.3 is 5.32 Å². The van der Waals surface area contributed by atoms with Crippen molar-refractivity contribution in [2.75, 3.05) is 11.1 Å². The minimum absolute atomic E-state index is 0.00350. The second-order valence-electron chi connectivity index (χ2n) is 4.77. The molecule has 1 aliphatic rings. The van der Waals surface area contributed by atoms with E-state index in [2.05, 4.69) is 10.4 Å². The maximum Gasteiger partial charge on any atom is 0.235 e. The molecule has 0 spiro atoms. The van der Waals surface area contributed by atoms with Crippen LogP contribution in [0.25, 0.3) is 0 Å². The van der Waals surface area contributed by atoms with Gasteiger partial charge in [-0.15, -0.1) is 11.8 Å². The summed E-state index contributed by atoms with van der Waals surface area (Å²) in [6, 6.07) is 7.78. The van der Waals surface area contributed by atoms with E-state index in [9.17, 15) is 4.79 Å². The Morgan fingerprint density at radius 3 is 3.05 bits per heavy atom. The minimum Gasteiger partial charge on any atom is -0.310 e. The number of rotatable bonds is 1. The number of aryl methyl sites for hydroxylation is 2. The van der Waals surface area contributed by atoms with Gasteiger partial charge >= 0.3 is 0 Å². The van der Waals surface area contributed by atoms with Gasteiger partial charge in [0.15, 0.2) is 0 Å². The summed E-state index contributed by atoms with van der Waals surface area (Å²) in [6.07, 6.45) is 0. The predicted octanol–water partition coefficient (Wildman–Crippen LogP) is 3.16. The lowest BCUT2D eigenvalue weighted by molar-refractivity contribution is -0.113. The van der Waals surface area contributed by atoms with Crippen molar-refractivity contribution >= 4 is 35.1 Å². The third kappa shape index (κ3) is 2.31. The van der Waals surface area contributed by atoms with E-state index in [1.807, 2.05) is 38.2 Å². The summed E-state index contributed by atoms with van der Waals surface area (Å²) in [5.74, 6) is 1.21. The number of hydrogen-bond acceptors (Lipinski definition) is 3. The lowest BCUT2D eigenvalue weighted by Crippen LogP contribution is -2.15. The van der Waals surface area contributed by atoms with Crippen LogP contribution in [0.1, 0.15) is 22.1 Å².